The van der Waals surface area contributed by atoms with Crippen LogP contribution in [0.3, 0.4) is 0 Å². The van der Waals surface area contributed by atoms with Crippen molar-refractivity contribution < 1.29 is 9.53 Å². The lowest BCUT2D eigenvalue weighted by atomic mass is 10.1. The molecule has 5 nitrogen and oxygen atoms in total. The van der Waals surface area contributed by atoms with E-state index in [1.165, 1.54) is 0 Å². The molecule has 0 aliphatic carbocycles. The molecule has 0 fully saturated rings. The van der Waals surface area contributed by atoms with Crippen LogP contribution in [0.25, 0.3) is 5.65 Å². The third-order valence-electron chi connectivity index (χ3n) is 3.22. The van der Waals surface area contributed by atoms with E-state index >= 15 is 0 Å². The Labute approximate surface area is 122 Å². The highest BCUT2D eigenvalue weighted by molar-refractivity contribution is 5.95. The first-order chi connectivity index (χ1) is 10.3. The van der Waals surface area contributed by atoms with E-state index in [1.54, 1.807) is 13.3 Å². The molecule has 0 spiro atoms. The SMILES string of the molecule is COc1ccc(CC(=O)Nc2cccn3ccnc23)cc1. The largest absolute Gasteiger partial charge is 0.497 e. The Kier molecular flexibility index (Phi) is 3.55. The third-order valence-corrected chi connectivity index (χ3v) is 3.22. The number of benzene rings is 1. The van der Waals surface area contributed by atoms with Crippen LogP contribution in [-0.4, -0.2) is 22.4 Å². The number of amides is 1. The Morgan fingerprint density at radius 1 is 1.24 bits per heavy atom. The zero-order valence-electron chi connectivity index (χ0n) is 11.6. The van der Waals surface area contributed by atoms with Crippen LogP contribution in [0.15, 0.2) is 55.0 Å². The van der Waals surface area contributed by atoms with Crippen molar-refractivity contribution in [2.75, 3.05) is 12.4 Å². The number of carbonyl (C=O) groups is 1. The summed E-state index contributed by atoms with van der Waals surface area (Å²) in [6.07, 6.45) is 5.75. The fraction of sp³-hybridized carbons (Fsp3) is 0.125. The fourth-order valence-corrected chi connectivity index (χ4v) is 2.17. The number of rotatable bonds is 4. The van der Waals surface area contributed by atoms with Gasteiger partial charge in [-0.1, -0.05) is 12.1 Å². The second-order valence-electron chi connectivity index (χ2n) is 4.65. The molecule has 0 radical (unpaired) electrons. The Hall–Kier alpha value is -2.82. The maximum Gasteiger partial charge on any atom is 0.228 e. The minimum absolute atomic E-state index is 0.0729. The standard InChI is InChI=1S/C16H15N3O2/c1-21-13-6-4-12(5-7-13)11-15(20)18-14-3-2-9-19-10-8-17-16(14)19/h2-10H,11H2,1H3,(H,18,20). The number of fused-ring (bicyclic) bond motifs is 1. The Bertz CT molecular complexity index is 763. The van der Waals surface area contributed by atoms with Gasteiger partial charge >= 0.3 is 0 Å². The molecule has 2 aromatic heterocycles. The van der Waals surface area contributed by atoms with E-state index in [-0.39, 0.29) is 5.91 Å². The first-order valence-electron chi connectivity index (χ1n) is 6.61. The van der Waals surface area contributed by atoms with E-state index in [1.807, 2.05) is 53.2 Å². The summed E-state index contributed by atoms with van der Waals surface area (Å²) in [7, 11) is 1.62. The van der Waals surface area contributed by atoms with Crippen molar-refractivity contribution >= 4 is 17.2 Å². The molecule has 0 unspecified atom stereocenters. The van der Waals surface area contributed by atoms with E-state index in [9.17, 15) is 4.79 Å². The molecular weight excluding hydrogens is 266 g/mol. The molecule has 3 rings (SSSR count). The number of aromatic nitrogens is 2. The van der Waals surface area contributed by atoms with E-state index in [4.69, 9.17) is 4.74 Å². The van der Waals surface area contributed by atoms with Crippen LogP contribution in [0, 0.1) is 0 Å². The average Bonchev–Trinajstić information content (AvgIpc) is 2.97. The maximum absolute atomic E-state index is 12.1. The number of hydrogen-bond acceptors (Lipinski definition) is 3. The highest BCUT2D eigenvalue weighted by Crippen LogP contribution is 2.16. The van der Waals surface area contributed by atoms with Gasteiger partial charge in [0.25, 0.3) is 0 Å². The monoisotopic (exact) mass is 281 g/mol. The van der Waals surface area contributed by atoms with Gasteiger partial charge in [-0.15, -0.1) is 0 Å². The zero-order chi connectivity index (χ0) is 14.7. The molecular formula is C16H15N3O2. The molecule has 0 aliphatic rings. The molecule has 0 aliphatic heterocycles. The molecule has 2 heterocycles. The van der Waals surface area contributed by atoms with Gasteiger partial charge in [-0.05, 0) is 29.8 Å². The second kappa shape index (κ2) is 5.66. The number of nitrogens with one attached hydrogen (secondary N) is 1. The first kappa shape index (κ1) is 13.2. The number of pyridine rings is 1. The summed E-state index contributed by atoms with van der Waals surface area (Å²) in [5.74, 6) is 0.706. The summed E-state index contributed by atoms with van der Waals surface area (Å²) < 4.78 is 6.96. The van der Waals surface area contributed by atoms with Gasteiger partial charge in [0.1, 0.15) is 5.75 Å². The van der Waals surface area contributed by atoms with Gasteiger partial charge in [0.15, 0.2) is 5.65 Å². The number of methoxy groups -OCH3 is 1. The van der Waals surface area contributed by atoms with Crippen LogP contribution in [0.1, 0.15) is 5.56 Å². The number of ether oxygens (including phenoxy) is 1. The Balaban J connectivity index is 1.72. The summed E-state index contributed by atoms with van der Waals surface area (Å²) in [4.78, 5) is 16.4. The van der Waals surface area contributed by atoms with Gasteiger partial charge in [0, 0.05) is 18.6 Å². The van der Waals surface area contributed by atoms with Crippen LogP contribution < -0.4 is 10.1 Å². The molecule has 0 saturated carbocycles. The number of nitrogens with zero attached hydrogens (tertiary/aromatic N) is 2. The number of anilines is 1. The normalized spacial score (nSPS) is 10.5. The summed E-state index contributed by atoms with van der Waals surface area (Å²) in [5.41, 5.74) is 2.38. The third kappa shape index (κ3) is 2.86. The van der Waals surface area contributed by atoms with Gasteiger partial charge < -0.3 is 14.5 Å². The van der Waals surface area contributed by atoms with Crippen LogP contribution >= 0.6 is 0 Å². The quantitative estimate of drug-likeness (QED) is 0.799. The molecule has 21 heavy (non-hydrogen) atoms. The van der Waals surface area contributed by atoms with Crippen molar-refractivity contribution in [2.45, 2.75) is 6.42 Å². The smallest absolute Gasteiger partial charge is 0.228 e. The lowest BCUT2D eigenvalue weighted by molar-refractivity contribution is -0.115. The van der Waals surface area contributed by atoms with Crippen molar-refractivity contribution in [3.05, 3.63) is 60.6 Å². The lowest BCUT2D eigenvalue weighted by Crippen LogP contribution is -2.15. The number of carbonyl (C=O) groups excluding carboxylic acids is 1. The molecule has 1 N–H and O–H groups in total. The van der Waals surface area contributed by atoms with E-state index in [2.05, 4.69) is 10.3 Å². The summed E-state index contributed by atoms with van der Waals surface area (Å²) in [6, 6.07) is 11.2. The van der Waals surface area contributed by atoms with Crippen molar-refractivity contribution in [3.8, 4) is 5.75 Å². The van der Waals surface area contributed by atoms with Gasteiger partial charge in [0.2, 0.25) is 5.91 Å². The predicted molar refractivity (Wildman–Crippen MR) is 80.5 cm³/mol. The number of hydrogen-bond donors (Lipinski definition) is 1. The average molecular weight is 281 g/mol. The minimum Gasteiger partial charge on any atom is -0.497 e. The van der Waals surface area contributed by atoms with Crippen LogP contribution in [-0.2, 0) is 11.2 Å². The topological polar surface area (TPSA) is 55.6 Å². The minimum atomic E-state index is -0.0729. The Morgan fingerprint density at radius 3 is 2.81 bits per heavy atom. The van der Waals surface area contributed by atoms with Crippen molar-refractivity contribution in [1.82, 2.24) is 9.38 Å². The second-order valence-corrected chi connectivity index (χ2v) is 4.65. The molecule has 1 aromatic carbocycles. The number of imidazole rings is 1. The van der Waals surface area contributed by atoms with Crippen LogP contribution in [0.4, 0.5) is 5.69 Å². The fourth-order valence-electron chi connectivity index (χ4n) is 2.17. The summed E-state index contributed by atoms with van der Waals surface area (Å²) in [6.45, 7) is 0. The van der Waals surface area contributed by atoms with Gasteiger partial charge in [-0.3, -0.25) is 4.79 Å². The summed E-state index contributed by atoms with van der Waals surface area (Å²) in [5, 5.41) is 2.89. The van der Waals surface area contributed by atoms with Crippen molar-refractivity contribution in [2.24, 2.45) is 0 Å². The van der Waals surface area contributed by atoms with Gasteiger partial charge in [-0.25, -0.2) is 4.98 Å². The zero-order valence-corrected chi connectivity index (χ0v) is 11.6. The van der Waals surface area contributed by atoms with Crippen LogP contribution in [0.5, 0.6) is 5.75 Å². The summed E-state index contributed by atoms with van der Waals surface area (Å²) >= 11 is 0. The molecule has 0 atom stereocenters. The maximum atomic E-state index is 12.1. The molecule has 3 aromatic rings. The van der Waals surface area contributed by atoms with Crippen molar-refractivity contribution in [1.29, 1.82) is 0 Å². The molecule has 106 valence electrons. The van der Waals surface area contributed by atoms with E-state index in [0.717, 1.165) is 17.0 Å². The molecule has 5 heteroatoms. The van der Waals surface area contributed by atoms with E-state index < -0.39 is 0 Å². The molecule has 0 saturated heterocycles. The molecule has 0 bridgehead atoms. The Morgan fingerprint density at radius 2 is 2.05 bits per heavy atom. The van der Waals surface area contributed by atoms with Crippen LogP contribution in [0.2, 0.25) is 0 Å². The van der Waals surface area contributed by atoms with Gasteiger partial charge in [-0.2, -0.15) is 0 Å². The molecule has 1 amide bonds. The van der Waals surface area contributed by atoms with Gasteiger partial charge in [0.05, 0.1) is 19.2 Å². The van der Waals surface area contributed by atoms with Crippen molar-refractivity contribution in [3.63, 3.8) is 0 Å². The highest BCUT2D eigenvalue weighted by atomic mass is 16.5. The lowest BCUT2D eigenvalue weighted by Gasteiger charge is -2.07. The van der Waals surface area contributed by atoms with E-state index in [0.29, 0.717) is 12.1 Å². The predicted octanol–water partition coefficient (Wildman–Crippen LogP) is 2.52. The first-order valence-corrected chi connectivity index (χ1v) is 6.61. The highest BCUT2D eigenvalue weighted by Gasteiger charge is 2.08.